The van der Waals surface area contributed by atoms with E-state index in [1.54, 1.807) is 0 Å². The second-order valence-corrected chi connectivity index (χ2v) is 9.16. The van der Waals surface area contributed by atoms with Crippen LogP contribution in [0.3, 0.4) is 0 Å². The highest BCUT2D eigenvalue weighted by Gasteiger charge is 2.35. The molecule has 0 spiro atoms. The van der Waals surface area contributed by atoms with Crippen LogP contribution in [-0.2, 0) is 22.4 Å². The van der Waals surface area contributed by atoms with E-state index in [2.05, 4.69) is 51.0 Å². The van der Waals surface area contributed by atoms with Crippen molar-refractivity contribution in [1.82, 2.24) is 10.3 Å². The van der Waals surface area contributed by atoms with Crippen molar-refractivity contribution >= 4 is 51.3 Å². The highest BCUT2D eigenvalue weighted by Crippen LogP contribution is 2.40. The van der Waals surface area contributed by atoms with Gasteiger partial charge in [-0.25, -0.2) is 4.79 Å². The second-order valence-electron chi connectivity index (χ2n) is 7.88. The maximum absolute atomic E-state index is 13.1. The Balaban J connectivity index is 1.50. The fourth-order valence-corrected chi connectivity index (χ4v) is 5.17. The van der Waals surface area contributed by atoms with E-state index in [-0.39, 0.29) is 18.2 Å². The van der Waals surface area contributed by atoms with E-state index in [9.17, 15) is 14.7 Å². The largest absolute Gasteiger partial charge is 0.480 e. The van der Waals surface area contributed by atoms with Crippen molar-refractivity contribution in [2.75, 3.05) is 5.75 Å². The van der Waals surface area contributed by atoms with Crippen LogP contribution in [-0.4, -0.2) is 33.8 Å². The Morgan fingerprint density at radius 2 is 2.00 bits per heavy atom. The molecule has 1 aliphatic carbocycles. The molecule has 0 bridgehead atoms. The van der Waals surface area contributed by atoms with E-state index >= 15 is 0 Å². The molecular formula is C24H23BrN2O3S. The van der Waals surface area contributed by atoms with Crippen molar-refractivity contribution in [1.29, 1.82) is 0 Å². The molecule has 0 saturated heterocycles. The van der Waals surface area contributed by atoms with Gasteiger partial charge >= 0.3 is 5.97 Å². The first kappa shape index (κ1) is 21.8. The number of rotatable bonds is 7. The Hall–Kier alpha value is -2.38. The molecule has 2 N–H and O–H groups in total. The third-order valence-corrected chi connectivity index (χ3v) is 6.82. The van der Waals surface area contributed by atoms with Gasteiger partial charge in [0.25, 0.3) is 0 Å². The molecule has 1 aliphatic rings. The number of benzene rings is 2. The van der Waals surface area contributed by atoms with Gasteiger partial charge in [0.15, 0.2) is 0 Å². The van der Waals surface area contributed by atoms with Crippen LogP contribution in [0.5, 0.6) is 0 Å². The zero-order chi connectivity index (χ0) is 22.0. The molecule has 31 heavy (non-hydrogen) atoms. The Morgan fingerprint density at radius 1 is 1.19 bits per heavy atom. The molecule has 0 fully saturated rings. The van der Waals surface area contributed by atoms with Crippen LogP contribution in [0.15, 0.2) is 59.1 Å². The minimum atomic E-state index is -1.07. The number of para-hydroxylation sites is 1. The van der Waals surface area contributed by atoms with Gasteiger partial charge in [-0.15, -0.1) is 0 Å². The maximum Gasteiger partial charge on any atom is 0.326 e. The third kappa shape index (κ3) is 4.77. The van der Waals surface area contributed by atoms with Crippen molar-refractivity contribution in [2.24, 2.45) is 5.92 Å². The highest BCUT2D eigenvalue weighted by atomic mass is 79.9. The van der Waals surface area contributed by atoms with E-state index in [0.717, 1.165) is 33.8 Å². The van der Waals surface area contributed by atoms with Crippen LogP contribution in [0.1, 0.15) is 29.2 Å². The van der Waals surface area contributed by atoms with E-state index in [0.29, 0.717) is 11.4 Å². The molecule has 3 unspecified atom stereocenters. The third-order valence-electron chi connectivity index (χ3n) is 5.93. The summed E-state index contributed by atoms with van der Waals surface area (Å²) in [6, 6.07) is 16.5. The lowest BCUT2D eigenvalue weighted by Crippen LogP contribution is -2.46. The van der Waals surface area contributed by atoms with Gasteiger partial charge in [0.1, 0.15) is 6.04 Å². The number of carbonyl (C=O) groups excluding carboxylic acids is 1. The van der Waals surface area contributed by atoms with Crippen molar-refractivity contribution in [3.8, 4) is 0 Å². The first-order valence-electron chi connectivity index (χ1n) is 10.2. The predicted octanol–water partition coefficient (Wildman–Crippen LogP) is 4.39. The number of carboxylic acid groups (broad SMARTS) is 1. The van der Waals surface area contributed by atoms with E-state index in [1.165, 1.54) is 5.56 Å². The number of carbonyl (C=O) groups is 2. The molecule has 0 radical (unpaired) electrons. The monoisotopic (exact) mass is 498 g/mol. The zero-order valence-corrected chi connectivity index (χ0v) is 19.3. The van der Waals surface area contributed by atoms with Crippen molar-refractivity contribution in [3.05, 3.63) is 75.9 Å². The summed E-state index contributed by atoms with van der Waals surface area (Å²) in [6.07, 6.45) is 1.88. The van der Waals surface area contributed by atoms with Crippen LogP contribution in [0.25, 0.3) is 10.9 Å². The van der Waals surface area contributed by atoms with Gasteiger partial charge in [-0.05, 0) is 54.2 Å². The predicted molar refractivity (Wildman–Crippen MR) is 128 cm³/mol. The number of aromatic nitrogens is 1. The van der Waals surface area contributed by atoms with Crippen molar-refractivity contribution < 1.29 is 14.7 Å². The number of hydrogen-bond acceptors (Lipinski definition) is 4. The van der Waals surface area contributed by atoms with Crippen LogP contribution in [0.4, 0.5) is 0 Å². The number of fused-ring (bicyclic) bond motifs is 2. The van der Waals surface area contributed by atoms with Crippen LogP contribution >= 0.6 is 28.6 Å². The molecule has 160 valence electrons. The van der Waals surface area contributed by atoms with Gasteiger partial charge in [-0.1, -0.05) is 46.3 Å². The molecule has 4 rings (SSSR count). The van der Waals surface area contributed by atoms with Crippen molar-refractivity contribution in [3.63, 3.8) is 0 Å². The molecule has 1 amide bonds. The minimum absolute atomic E-state index is 0.0360. The van der Waals surface area contributed by atoms with Crippen LogP contribution in [0, 0.1) is 5.92 Å². The smallest absolute Gasteiger partial charge is 0.326 e. The molecule has 3 atom stereocenters. The standard InChI is InChI=1S/C24H23BrN2O3S/c25-16-7-10-18-15(11-16)6-9-19(18)20(13-31)23(28)27-22(24(29)30)12-17-8-5-14-3-1-2-4-21(14)26-17/h1-5,7-8,10-11,19-20,22,31H,6,9,12-13H2,(H,27,28)(H,29,30). The van der Waals surface area contributed by atoms with Gasteiger partial charge in [-0.2, -0.15) is 12.6 Å². The van der Waals surface area contributed by atoms with Crippen molar-refractivity contribution in [2.45, 2.75) is 31.2 Å². The number of pyridine rings is 1. The highest BCUT2D eigenvalue weighted by molar-refractivity contribution is 9.10. The summed E-state index contributed by atoms with van der Waals surface area (Å²) in [5.41, 5.74) is 3.82. The SMILES string of the molecule is O=C(O)C(Cc1ccc2ccccc2n1)NC(=O)C(CS)C1CCc2cc(Br)ccc21. The Bertz CT molecular complexity index is 1140. The quantitative estimate of drug-likeness (QED) is 0.422. The molecule has 3 aromatic rings. The second kappa shape index (κ2) is 9.40. The molecule has 0 saturated carbocycles. The van der Waals surface area contributed by atoms with Gasteiger partial charge < -0.3 is 10.4 Å². The minimum Gasteiger partial charge on any atom is -0.480 e. The normalized spacial score (nSPS) is 17.2. The first-order chi connectivity index (χ1) is 15.0. The number of aliphatic carboxylic acids is 1. The summed E-state index contributed by atoms with van der Waals surface area (Å²) in [4.78, 5) is 29.6. The lowest BCUT2D eigenvalue weighted by molar-refractivity contribution is -0.142. The fourth-order valence-electron chi connectivity index (χ4n) is 4.34. The topological polar surface area (TPSA) is 79.3 Å². The summed E-state index contributed by atoms with van der Waals surface area (Å²) in [5.74, 6) is -1.35. The molecular weight excluding hydrogens is 476 g/mol. The number of aryl methyl sites for hydroxylation is 1. The Morgan fingerprint density at radius 3 is 2.77 bits per heavy atom. The van der Waals surface area contributed by atoms with Gasteiger partial charge in [0.2, 0.25) is 5.91 Å². The summed E-state index contributed by atoms with van der Waals surface area (Å²) < 4.78 is 1.02. The number of halogens is 1. The number of nitrogens with one attached hydrogen (secondary N) is 1. The average Bonchev–Trinajstić information content (AvgIpc) is 3.16. The molecule has 1 aromatic heterocycles. The summed E-state index contributed by atoms with van der Waals surface area (Å²) in [5, 5.41) is 13.5. The average molecular weight is 499 g/mol. The molecule has 0 aliphatic heterocycles. The number of amides is 1. The number of hydrogen-bond donors (Lipinski definition) is 3. The van der Waals surface area contributed by atoms with Crippen LogP contribution < -0.4 is 5.32 Å². The van der Waals surface area contributed by atoms with E-state index in [4.69, 9.17) is 0 Å². The lowest BCUT2D eigenvalue weighted by Gasteiger charge is -2.24. The first-order valence-corrected chi connectivity index (χ1v) is 11.7. The van der Waals surface area contributed by atoms with Gasteiger partial charge in [0, 0.05) is 27.7 Å². The van der Waals surface area contributed by atoms with E-state index < -0.39 is 17.9 Å². The fraction of sp³-hybridized carbons (Fsp3) is 0.292. The summed E-state index contributed by atoms with van der Waals surface area (Å²) in [7, 11) is 0. The molecule has 5 nitrogen and oxygen atoms in total. The molecule has 2 aromatic carbocycles. The number of carboxylic acids is 1. The van der Waals surface area contributed by atoms with Crippen LogP contribution in [0.2, 0.25) is 0 Å². The van der Waals surface area contributed by atoms with E-state index in [1.807, 2.05) is 42.5 Å². The number of nitrogens with zero attached hydrogens (tertiary/aromatic N) is 1. The number of thiol groups is 1. The van der Waals surface area contributed by atoms with Gasteiger partial charge in [0.05, 0.1) is 11.4 Å². The lowest BCUT2D eigenvalue weighted by atomic mass is 9.87. The maximum atomic E-state index is 13.1. The zero-order valence-electron chi connectivity index (χ0n) is 16.8. The molecule has 1 heterocycles. The summed E-state index contributed by atoms with van der Waals surface area (Å²) in [6.45, 7) is 0. The summed E-state index contributed by atoms with van der Waals surface area (Å²) >= 11 is 7.92. The Kier molecular flexibility index (Phi) is 6.62. The molecule has 7 heteroatoms. The Labute approximate surface area is 194 Å². The van der Waals surface area contributed by atoms with Gasteiger partial charge in [-0.3, -0.25) is 9.78 Å².